The Morgan fingerprint density at radius 2 is 1.65 bits per heavy atom. The third-order valence-corrected chi connectivity index (χ3v) is 10.0. The van der Waals surface area contributed by atoms with Crippen LogP contribution in [0, 0.1) is 34.5 Å². The van der Waals surface area contributed by atoms with E-state index in [1.165, 1.54) is 4.90 Å². The van der Waals surface area contributed by atoms with E-state index >= 15 is 0 Å². The summed E-state index contributed by atoms with van der Waals surface area (Å²) in [5, 5.41) is 8.26. The molecule has 3 aliphatic rings. The molecule has 5 N–H and O–H groups in total. The second kappa shape index (κ2) is 13.4. The highest BCUT2D eigenvalue weighted by molar-refractivity contribution is 6.38. The standard InChI is InChI=1S/C34H49N5O7/c1-8-18(2)23(31(44)46-17-19-12-10-9-11-13-19)37-32(45)38-27(33(3,4)5)30(43)39-16-21-22(34(21,6)7)25(39)29(42)36-24(20-14-15-20)26(40)28(35)41/h9-13,18,20-25,27H,8,14-17H2,1-7H3,(H2,35,41)(H,36,42)(H2,37,38,45)/t18-,21+,22+,23+,24?,25+,27-/m1/s1. The molecule has 1 unspecified atom stereocenters. The first-order chi connectivity index (χ1) is 21.5. The molecule has 0 spiro atoms. The Labute approximate surface area is 270 Å². The van der Waals surface area contributed by atoms with Crippen LogP contribution in [-0.2, 0) is 35.3 Å². The lowest BCUT2D eigenvalue weighted by atomic mass is 9.85. The predicted molar refractivity (Wildman–Crippen MR) is 170 cm³/mol. The lowest BCUT2D eigenvalue weighted by Gasteiger charge is -2.38. The van der Waals surface area contributed by atoms with E-state index in [2.05, 4.69) is 16.0 Å². The van der Waals surface area contributed by atoms with Crippen molar-refractivity contribution < 1.29 is 33.5 Å². The molecular weight excluding hydrogens is 590 g/mol. The van der Waals surface area contributed by atoms with Gasteiger partial charge in [0.1, 0.15) is 30.8 Å². The zero-order valence-electron chi connectivity index (χ0n) is 27.9. The second-order valence-electron chi connectivity index (χ2n) is 14.8. The molecule has 1 aliphatic heterocycles. The molecule has 46 heavy (non-hydrogen) atoms. The minimum absolute atomic E-state index is 0.0574. The minimum Gasteiger partial charge on any atom is -0.459 e. The van der Waals surface area contributed by atoms with Gasteiger partial charge in [-0.05, 0) is 52.9 Å². The van der Waals surface area contributed by atoms with Crippen molar-refractivity contribution in [2.75, 3.05) is 6.54 Å². The molecule has 1 aromatic carbocycles. The average Bonchev–Trinajstić information content (AvgIpc) is 3.87. The highest BCUT2D eigenvalue weighted by Gasteiger charge is 2.70. The number of esters is 1. The van der Waals surface area contributed by atoms with Crippen LogP contribution in [0.3, 0.4) is 0 Å². The van der Waals surface area contributed by atoms with Crippen molar-refractivity contribution in [3.63, 3.8) is 0 Å². The number of piperidine rings is 1. The summed E-state index contributed by atoms with van der Waals surface area (Å²) in [5.74, 6) is -3.99. The Balaban J connectivity index is 1.49. The van der Waals surface area contributed by atoms with E-state index in [-0.39, 0.29) is 35.7 Å². The van der Waals surface area contributed by atoms with Crippen molar-refractivity contribution in [1.82, 2.24) is 20.9 Å². The molecule has 252 valence electrons. The maximum Gasteiger partial charge on any atom is 0.329 e. The van der Waals surface area contributed by atoms with E-state index in [0.29, 0.717) is 25.8 Å². The Morgan fingerprint density at radius 3 is 2.20 bits per heavy atom. The van der Waals surface area contributed by atoms with Gasteiger partial charge < -0.3 is 31.3 Å². The number of hydrogen-bond acceptors (Lipinski definition) is 7. The molecule has 4 rings (SSSR count). The summed E-state index contributed by atoms with van der Waals surface area (Å²) in [6, 6.07) is 4.61. The van der Waals surface area contributed by atoms with Crippen LogP contribution >= 0.6 is 0 Å². The Morgan fingerprint density at radius 1 is 1.02 bits per heavy atom. The number of nitrogens with one attached hydrogen (secondary N) is 3. The number of urea groups is 1. The van der Waals surface area contributed by atoms with Crippen LogP contribution in [0.2, 0.25) is 0 Å². The molecule has 3 fully saturated rings. The van der Waals surface area contributed by atoms with Gasteiger partial charge in [-0.25, -0.2) is 9.59 Å². The first-order valence-corrected chi connectivity index (χ1v) is 16.2. The van der Waals surface area contributed by atoms with Crippen molar-refractivity contribution >= 4 is 35.5 Å². The lowest BCUT2D eigenvalue weighted by Crippen LogP contribution is -2.62. The second-order valence-corrected chi connectivity index (χ2v) is 14.8. The largest absolute Gasteiger partial charge is 0.459 e. The number of benzene rings is 1. The number of carbonyl (C=O) groups excluding carboxylic acids is 6. The number of fused-ring (bicyclic) bond motifs is 1. The Kier molecular flexibility index (Phi) is 10.2. The highest BCUT2D eigenvalue weighted by Crippen LogP contribution is 2.65. The minimum atomic E-state index is -1.11. The zero-order valence-corrected chi connectivity index (χ0v) is 27.9. The van der Waals surface area contributed by atoms with E-state index in [0.717, 1.165) is 5.56 Å². The fraction of sp³-hybridized carbons (Fsp3) is 0.647. The van der Waals surface area contributed by atoms with Crippen molar-refractivity contribution in [1.29, 1.82) is 0 Å². The number of ether oxygens (including phenoxy) is 1. The zero-order chi connectivity index (χ0) is 34.1. The van der Waals surface area contributed by atoms with Crippen LogP contribution in [0.5, 0.6) is 0 Å². The predicted octanol–water partition coefficient (Wildman–Crippen LogP) is 2.29. The first kappa shape index (κ1) is 34.9. The van der Waals surface area contributed by atoms with Gasteiger partial charge in [-0.15, -0.1) is 0 Å². The summed E-state index contributed by atoms with van der Waals surface area (Å²) in [7, 11) is 0. The molecule has 12 heteroatoms. The molecule has 0 aromatic heterocycles. The maximum atomic E-state index is 14.2. The molecule has 5 amide bonds. The van der Waals surface area contributed by atoms with Gasteiger partial charge in [-0.2, -0.15) is 0 Å². The summed E-state index contributed by atoms with van der Waals surface area (Å²) >= 11 is 0. The molecular formula is C34H49N5O7. The van der Waals surface area contributed by atoms with Crippen LogP contribution in [0.4, 0.5) is 4.79 Å². The SMILES string of the molecule is CC[C@@H](C)[C@H](NC(=O)N[C@H](C(=O)N1C[C@H]2[C@@H]([C@H]1C(=O)NC(C(=O)C(N)=O)C1CC1)C2(C)C)C(C)(C)C)C(=O)OCc1ccccc1. The van der Waals surface area contributed by atoms with E-state index < -0.39 is 65.1 Å². The van der Waals surface area contributed by atoms with Crippen molar-refractivity contribution in [3.05, 3.63) is 35.9 Å². The van der Waals surface area contributed by atoms with Gasteiger partial charge in [-0.1, -0.05) is 85.2 Å². The summed E-state index contributed by atoms with van der Waals surface area (Å²) in [4.78, 5) is 80.2. The van der Waals surface area contributed by atoms with Gasteiger partial charge in [0.05, 0.1) is 0 Å². The number of likely N-dealkylation sites (tertiary alicyclic amines) is 1. The molecule has 1 aromatic rings. The van der Waals surface area contributed by atoms with Gasteiger partial charge in [0.15, 0.2) is 0 Å². The van der Waals surface area contributed by atoms with Crippen molar-refractivity contribution in [2.45, 2.75) is 98.5 Å². The van der Waals surface area contributed by atoms with Gasteiger partial charge in [0.2, 0.25) is 17.6 Å². The normalized spacial score (nSPS) is 24.0. The topological polar surface area (TPSA) is 177 Å². The number of Topliss-reactive ketones (excluding diaryl/α,β-unsaturated/α-hetero) is 1. The van der Waals surface area contributed by atoms with E-state index in [4.69, 9.17) is 10.5 Å². The van der Waals surface area contributed by atoms with Crippen LogP contribution in [0.25, 0.3) is 0 Å². The number of carbonyl (C=O) groups is 6. The third kappa shape index (κ3) is 7.53. The fourth-order valence-electron chi connectivity index (χ4n) is 6.65. The smallest absolute Gasteiger partial charge is 0.329 e. The molecule has 12 nitrogen and oxygen atoms in total. The first-order valence-electron chi connectivity index (χ1n) is 16.2. The van der Waals surface area contributed by atoms with Crippen LogP contribution in [0.1, 0.15) is 73.3 Å². The number of nitrogens with two attached hydrogens (primary N) is 1. The molecule has 2 aliphatic carbocycles. The number of rotatable bonds is 13. The van der Waals surface area contributed by atoms with E-state index in [1.807, 2.05) is 58.0 Å². The van der Waals surface area contributed by atoms with Crippen LogP contribution < -0.4 is 21.7 Å². The molecule has 7 atom stereocenters. The van der Waals surface area contributed by atoms with E-state index in [1.54, 1.807) is 20.8 Å². The summed E-state index contributed by atoms with van der Waals surface area (Å²) in [6.45, 7) is 13.6. The number of nitrogens with zero attached hydrogens (tertiary/aromatic N) is 1. The fourth-order valence-corrected chi connectivity index (χ4v) is 6.65. The average molecular weight is 640 g/mol. The molecule has 0 bridgehead atoms. The number of ketones is 1. The van der Waals surface area contributed by atoms with Crippen molar-refractivity contribution in [2.24, 2.45) is 40.2 Å². The van der Waals surface area contributed by atoms with Gasteiger partial charge in [-0.3, -0.25) is 19.2 Å². The number of hydrogen-bond donors (Lipinski definition) is 4. The lowest BCUT2D eigenvalue weighted by molar-refractivity contribution is -0.148. The van der Waals surface area contributed by atoms with Crippen LogP contribution in [-0.4, -0.2) is 71.1 Å². The Hall–Kier alpha value is -3.96. The van der Waals surface area contributed by atoms with Crippen LogP contribution in [0.15, 0.2) is 30.3 Å². The summed E-state index contributed by atoms with van der Waals surface area (Å²) in [6.07, 6.45) is 1.98. The molecule has 1 saturated heterocycles. The van der Waals surface area contributed by atoms with Gasteiger partial charge in [0, 0.05) is 6.54 Å². The van der Waals surface area contributed by atoms with E-state index in [9.17, 15) is 28.8 Å². The van der Waals surface area contributed by atoms with Gasteiger partial charge in [0.25, 0.3) is 5.91 Å². The molecule has 0 radical (unpaired) electrons. The van der Waals surface area contributed by atoms with Gasteiger partial charge >= 0.3 is 12.0 Å². The monoisotopic (exact) mass is 639 g/mol. The quantitative estimate of drug-likeness (QED) is 0.189. The number of primary amides is 1. The third-order valence-electron chi connectivity index (χ3n) is 10.0. The highest BCUT2D eigenvalue weighted by atomic mass is 16.5. The Bertz CT molecular complexity index is 1350. The summed E-state index contributed by atoms with van der Waals surface area (Å²) in [5.41, 5.74) is 5.11. The molecule has 1 heterocycles. The van der Waals surface area contributed by atoms with Crippen molar-refractivity contribution in [3.8, 4) is 0 Å². The molecule has 2 saturated carbocycles. The maximum absolute atomic E-state index is 14.2. The summed E-state index contributed by atoms with van der Waals surface area (Å²) < 4.78 is 5.52. The number of amides is 5.